The normalized spacial score (nSPS) is 11.3. The zero-order valence-corrected chi connectivity index (χ0v) is 14.3. The first-order valence-electron chi connectivity index (χ1n) is 8.16. The van der Waals surface area contributed by atoms with Gasteiger partial charge in [-0.25, -0.2) is 4.99 Å². The third-order valence-corrected chi connectivity index (χ3v) is 3.67. The molecule has 2 aromatic rings. The Balaban J connectivity index is 1.90. The molecule has 0 unspecified atom stereocenters. The SMILES string of the molecule is CCNC(=NCc1cccc(C)c1)NCCc1ccncc1C. The van der Waals surface area contributed by atoms with Gasteiger partial charge in [0.1, 0.15) is 0 Å². The molecule has 0 saturated heterocycles. The second-order valence-corrected chi connectivity index (χ2v) is 5.66. The maximum atomic E-state index is 4.66. The number of benzene rings is 1. The van der Waals surface area contributed by atoms with E-state index in [0.717, 1.165) is 25.5 Å². The lowest BCUT2D eigenvalue weighted by Crippen LogP contribution is -2.38. The molecule has 0 saturated carbocycles. The van der Waals surface area contributed by atoms with E-state index in [-0.39, 0.29) is 0 Å². The maximum Gasteiger partial charge on any atom is 0.191 e. The summed E-state index contributed by atoms with van der Waals surface area (Å²) in [6.45, 7) is 8.67. The van der Waals surface area contributed by atoms with E-state index >= 15 is 0 Å². The van der Waals surface area contributed by atoms with E-state index in [4.69, 9.17) is 0 Å². The summed E-state index contributed by atoms with van der Waals surface area (Å²) >= 11 is 0. The lowest BCUT2D eigenvalue weighted by Gasteiger charge is -2.12. The van der Waals surface area contributed by atoms with Crippen molar-refractivity contribution in [2.45, 2.75) is 33.7 Å². The predicted molar refractivity (Wildman–Crippen MR) is 96.7 cm³/mol. The number of aryl methyl sites for hydroxylation is 2. The van der Waals surface area contributed by atoms with Crippen LogP contribution < -0.4 is 10.6 Å². The standard InChI is InChI=1S/C19H26N4/c1-4-21-19(23-14-17-7-5-6-15(2)12-17)22-11-9-18-8-10-20-13-16(18)3/h5-8,10,12-13H,4,9,11,14H2,1-3H3,(H2,21,22,23). The number of nitrogens with zero attached hydrogens (tertiary/aromatic N) is 2. The topological polar surface area (TPSA) is 49.3 Å². The zero-order chi connectivity index (χ0) is 16.5. The summed E-state index contributed by atoms with van der Waals surface area (Å²) in [6, 6.07) is 10.5. The van der Waals surface area contributed by atoms with Gasteiger partial charge in [-0.15, -0.1) is 0 Å². The fourth-order valence-electron chi connectivity index (χ4n) is 2.42. The third kappa shape index (κ3) is 5.74. The molecular weight excluding hydrogens is 284 g/mol. The average molecular weight is 310 g/mol. The minimum Gasteiger partial charge on any atom is -0.357 e. The number of nitrogens with one attached hydrogen (secondary N) is 2. The molecule has 1 heterocycles. The van der Waals surface area contributed by atoms with Gasteiger partial charge in [-0.2, -0.15) is 0 Å². The molecule has 0 spiro atoms. The van der Waals surface area contributed by atoms with Gasteiger partial charge in [-0.3, -0.25) is 4.98 Å². The molecule has 0 bridgehead atoms. The van der Waals surface area contributed by atoms with Gasteiger partial charge in [0.15, 0.2) is 5.96 Å². The van der Waals surface area contributed by atoms with Crippen LogP contribution in [0.1, 0.15) is 29.2 Å². The van der Waals surface area contributed by atoms with Crippen molar-refractivity contribution < 1.29 is 0 Å². The second kappa shape index (κ2) is 8.93. The Morgan fingerprint density at radius 1 is 1.17 bits per heavy atom. The molecular formula is C19H26N4. The van der Waals surface area contributed by atoms with Crippen LogP contribution in [-0.4, -0.2) is 24.0 Å². The number of aromatic nitrogens is 1. The highest BCUT2D eigenvalue weighted by Gasteiger charge is 2.00. The van der Waals surface area contributed by atoms with Gasteiger partial charge in [-0.05, 0) is 49.9 Å². The van der Waals surface area contributed by atoms with Crippen LogP contribution in [0.4, 0.5) is 0 Å². The Bertz CT molecular complexity index is 649. The molecule has 0 aliphatic rings. The van der Waals surface area contributed by atoms with Gasteiger partial charge in [0.2, 0.25) is 0 Å². The summed E-state index contributed by atoms with van der Waals surface area (Å²) in [5, 5.41) is 6.69. The van der Waals surface area contributed by atoms with Crippen molar-refractivity contribution >= 4 is 5.96 Å². The quantitative estimate of drug-likeness (QED) is 0.637. The lowest BCUT2D eigenvalue weighted by molar-refractivity contribution is 0.796. The van der Waals surface area contributed by atoms with Crippen LogP contribution in [0.25, 0.3) is 0 Å². The van der Waals surface area contributed by atoms with Gasteiger partial charge >= 0.3 is 0 Å². The van der Waals surface area contributed by atoms with Crippen molar-refractivity contribution in [2.24, 2.45) is 4.99 Å². The van der Waals surface area contributed by atoms with E-state index in [1.54, 1.807) is 0 Å². The molecule has 0 fully saturated rings. The van der Waals surface area contributed by atoms with Crippen LogP contribution in [0.2, 0.25) is 0 Å². The van der Waals surface area contributed by atoms with Crippen LogP contribution in [0.3, 0.4) is 0 Å². The first-order chi connectivity index (χ1) is 11.2. The van der Waals surface area contributed by atoms with Crippen molar-refractivity contribution in [3.8, 4) is 0 Å². The Kier molecular flexibility index (Phi) is 6.60. The average Bonchev–Trinajstić information content (AvgIpc) is 2.54. The van der Waals surface area contributed by atoms with Crippen LogP contribution >= 0.6 is 0 Å². The van der Waals surface area contributed by atoms with E-state index in [1.165, 1.54) is 22.3 Å². The summed E-state index contributed by atoms with van der Waals surface area (Å²) < 4.78 is 0. The molecule has 4 nitrogen and oxygen atoms in total. The molecule has 4 heteroatoms. The first-order valence-corrected chi connectivity index (χ1v) is 8.16. The van der Waals surface area contributed by atoms with Gasteiger partial charge in [0.05, 0.1) is 6.54 Å². The minimum absolute atomic E-state index is 0.686. The summed E-state index contributed by atoms with van der Waals surface area (Å²) in [5.41, 5.74) is 5.05. The Labute approximate surface area is 139 Å². The van der Waals surface area contributed by atoms with Crippen molar-refractivity contribution in [1.82, 2.24) is 15.6 Å². The molecule has 0 radical (unpaired) electrons. The van der Waals surface area contributed by atoms with Crippen LogP contribution in [0.15, 0.2) is 47.7 Å². The largest absolute Gasteiger partial charge is 0.357 e. The summed E-state index contributed by atoms with van der Waals surface area (Å²) in [5.74, 6) is 0.862. The Morgan fingerprint density at radius 2 is 2.04 bits per heavy atom. The zero-order valence-electron chi connectivity index (χ0n) is 14.3. The van der Waals surface area contributed by atoms with Crippen LogP contribution in [0.5, 0.6) is 0 Å². The van der Waals surface area contributed by atoms with E-state index in [2.05, 4.69) is 71.7 Å². The van der Waals surface area contributed by atoms with Gasteiger partial charge in [-0.1, -0.05) is 29.8 Å². The Hall–Kier alpha value is -2.36. The number of pyridine rings is 1. The second-order valence-electron chi connectivity index (χ2n) is 5.66. The van der Waals surface area contributed by atoms with E-state index in [0.29, 0.717) is 6.54 Å². The highest BCUT2D eigenvalue weighted by molar-refractivity contribution is 5.79. The number of hydrogen-bond acceptors (Lipinski definition) is 2. The van der Waals surface area contributed by atoms with Crippen molar-refractivity contribution in [2.75, 3.05) is 13.1 Å². The Morgan fingerprint density at radius 3 is 2.78 bits per heavy atom. The number of aliphatic imine (C=N–C) groups is 1. The monoisotopic (exact) mass is 310 g/mol. The number of rotatable bonds is 6. The van der Waals surface area contributed by atoms with Crippen LogP contribution in [0, 0.1) is 13.8 Å². The smallest absolute Gasteiger partial charge is 0.191 e. The highest BCUT2D eigenvalue weighted by Crippen LogP contribution is 2.06. The molecule has 1 aromatic carbocycles. The fraction of sp³-hybridized carbons (Fsp3) is 0.368. The van der Waals surface area contributed by atoms with E-state index in [1.807, 2.05) is 12.4 Å². The maximum absolute atomic E-state index is 4.66. The van der Waals surface area contributed by atoms with Gasteiger partial charge < -0.3 is 10.6 Å². The fourth-order valence-corrected chi connectivity index (χ4v) is 2.42. The van der Waals surface area contributed by atoms with E-state index < -0.39 is 0 Å². The summed E-state index contributed by atoms with van der Waals surface area (Å²) in [4.78, 5) is 8.79. The van der Waals surface area contributed by atoms with Gasteiger partial charge in [0, 0.05) is 25.5 Å². The molecule has 2 rings (SSSR count). The molecule has 1 aromatic heterocycles. The molecule has 0 atom stereocenters. The summed E-state index contributed by atoms with van der Waals surface area (Å²) in [7, 11) is 0. The minimum atomic E-state index is 0.686. The lowest BCUT2D eigenvalue weighted by atomic mass is 10.1. The molecule has 0 amide bonds. The number of hydrogen-bond donors (Lipinski definition) is 2. The molecule has 23 heavy (non-hydrogen) atoms. The first kappa shape index (κ1) is 17.0. The van der Waals surface area contributed by atoms with Crippen molar-refractivity contribution in [1.29, 1.82) is 0 Å². The van der Waals surface area contributed by atoms with Crippen LogP contribution in [-0.2, 0) is 13.0 Å². The molecule has 2 N–H and O–H groups in total. The summed E-state index contributed by atoms with van der Waals surface area (Å²) in [6.07, 6.45) is 4.72. The molecule has 0 aliphatic heterocycles. The van der Waals surface area contributed by atoms with Crippen molar-refractivity contribution in [3.05, 3.63) is 65.0 Å². The van der Waals surface area contributed by atoms with Crippen molar-refractivity contribution in [3.63, 3.8) is 0 Å². The molecule has 122 valence electrons. The third-order valence-electron chi connectivity index (χ3n) is 3.67. The highest BCUT2D eigenvalue weighted by atomic mass is 15.2. The number of guanidine groups is 1. The van der Waals surface area contributed by atoms with Gasteiger partial charge in [0.25, 0.3) is 0 Å². The van der Waals surface area contributed by atoms with E-state index in [9.17, 15) is 0 Å². The predicted octanol–water partition coefficient (Wildman–Crippen LogP) is 3.00. The molecule has 0 aliphatic carbocycles.